The number of nitrogens with zero attached hydrogens (tertiary/aromatic N) is 2. The molecule has 0 aliphatic carbocycles. The number of carbonyl (C=O) groups is 2. The Morgan fingerprint density at radius 2 is 2.16 bits per heavy atom. The lowest BCUT2D eigenvalue weighted by Crippen LogP contribution is -2.37. The number of nitrogens with one attached hydrogen (secondary N) is 1. The summed E-state index contributed by atoms with van der Waals surface area (Å²) in [6.45, 7) is 2.79. The molecule has 5 nitrogen and oxygen atoms in total. The van der Waals surface area contributed by atoms with Crippen LogP contribution in [-0.2, 0) is 4.79 Å². The van der Waals surface area contributed by atoms with Crippen molar-refractivity contribution in [1.82, 2.24) is 15.2 Å². The van der Waals surface area contributed by atoms with Gasteiger partial charge in [-0.15, -0.1) is 0 Å². The minimum atomic E-state index is -0.286. The molecular formula is C14H15N3O2. The molecule has 1 atom stereocenters. The maximum atomic E-state index is 12.2. The molecule has 1 saturated heterocycles. The molecule has 1 aromatic rings. The van der Waals surface area contributed by atoms with E-state index in [4.69, 9.17) is 0 Å². The van der Waals surface area contributed by atoms with Gasteiger partial charge in [-0.05, 0) is 31.4 Å². The highest BCUT2D eigenvalue weighted by atomic mass is 16.2. The Kier molecular flexibility index (Phi) is 4.14. The fourth-order valence-corrected chi connectivity index (χ4v) is 2.07. The number of pyridine rings is 1. The van der Waals surface area contributed by atoms with Crippen molar-refractivity contribution >= 4 is 11.8 Å². The van der Waals surface area contributed by atoms with Gasteiger partial charge in [-0.1, -0.05) is 5.92 Å². The van der Waals surface area contributed by atoms with Gasteiger partial charge in [0.25, 0.3) is 11.8 Å². The maximum absolute atomic E-state index is 12.2. The minimum absolute atomic E-state index is 0.0147. The summed E-state index contributed by atoms with van der Waals surface area (Å²) in [6, 6.07) is 3.37. The number of aromatic nitrogens is 1. The first-order chi connectivity index (χ1) is 9.20. The van der Waals surface area contributed by atoms with Gasteiger partial charge >= 0.3 is 0 Å². The third-order valence-electron chi connectivity index (χ3n) is 2.98. The lowest BCUT2D eigenvalue weighted by molar-refractivity contribution is -0.116. The molecule has 2 rings (SSSR count). The van der Waals surface area contributed by atoms with Crippen LogP contribution < -0.4 is 5.32 Å². The van der Waals surface area contributed by atoms with Crippen molar-refractivity contribution in [2.75, 3.05) is 13.1 Å². The standard InChI is InChI=1S/C14H15N3O2/c1-2-3-13(18)16-12-6-9-17(10-12)14(19)11-4-7-15-8-5-11/h4-5,7-8,12H,6,9-10H2,1H3,(H,16,18). The molecule has 1 N–H and O–H groups in total. The number of carbonyl (C=O) groups excluding carboxylic acids is 2. The van der Waals surface area contributed by atoms with Crippen LogP contribution >= 0.6 is 0 Å². The molecule has 98 valence electrons. The van der Waals surface area contributed by atoms with Crippen LogP contribution in [0.25, 0.3) is 0 Å². The van der Waals surface area contributed by atoms with E-state index in [1.807, 2.05) is 0 Å². The van der Waals surface area contributed by atoms with Gasteiger partial charge in [0.05, 0.1) is 0 Å². The number of hydrogen-bond acceptors (Lipinski definition) is 3. The predicted octanol–water partition coefficient (Wildman–Crippen LogP) is 0.436. The van der Waals surface area contributed by atoms with E-state index < -0.39 is 0 Å². The van der Waals surface area contributed by atoms with Gasteiger partial charge in [-0.25, -0.2) is 0 Å². The second-order valence-corrected chi connectivity index (χ2v) is 4.32. The molecule has 2 amide bonds. The quantitative estimate of drug-likeness (QED) is 0.782. The van der Waals surface area contributed by atoms with Crippen molar-refractivity contribution in [3.8, 4) is 11.8 Å². The predicted molar refractivity (Wildman–Crippen MR) is 70.1 cm³/mol. The Balaban J connectivity index is 1.93. The number of likely N-dealkylation sites (tertiary alicyclic amines) is 1. The van der Waals surface area contributed by atoms with Crippen LogP contribution in [0.4, 0.5) is 0 Å². The monoisotopic (exact) mass is 257 g/mol. The van der Waals surface area contributed by atoms with Crippen molar-refractivity contribution in [3.05, 3.63) is 30.1 Å². The fraction of sp³-hybridized carbons (Fsp3) is 0.357. The smallest absolute Gasteiger partial charge is 0.296 e. The van der Waals surface area contributed by atoms with Crippen molar-refractivity contribution in [2.45, 2.75) is 19.4 Å². The number of hydrogen-bond donors (Lipinski definition) is 1. The van der Waals surface area contributed by atoms with Gasteiger partial charge in [0.15, 0.2) is 0 Å². The normalized spacial score (nSPS) is 17.5. The highest BCUT2D eigenvalue weighted by Crippen LogP contribution is 2.13. The number of rotatable bonds is 2. The van der Waals surface area contributed by atoms with Crippen LogP contribution in [0.1, 0.15) is 23.7 Å². The second-order valence-electron chi connectivity index (χ2n) is 4.32. The van der Waals surface area contributed by atoms with Gasteiger partial charge in [0.1, 0.15) is 0 Å². The molecule has 1 aliphatic rings. The van der Waals surface area contributed by atoms with Crippen LogP contribution in [0.15, 0.2) is 24.5 Å². The molecule has 1 aromatic heterocycles. The number of amides is 2. The van der Waals surface area contributed by atoms with Gasteiger partial charge in [-0.3, -0.25) is 14.6 Å². The third-order valence-corrected chi connectivity index (χ3v) is 2.98. The molecule has 0 aromatic carbocycles. The Morgan fingerprint density at radius 1 is 1.42 bits per heavy atom. The van der Waals surface area contributed by atoms with Gasteiger partial charge in [0, 0.05) is 37.1 Å². The summed E-state index contributed by atoms with van der Waals surface area (Å²) in [6.07, 6.45) is 3.95. The molecule has 0 radical (unpaired) electrons. The van der Waals surface area contributed by atoms with Crippen LogP contribution in [0.5, 0.6) is 0 Å². The zero-order chi connectivity index (χ0) is 13.7. The lowest BCUT2D eigenvalue weighted by atomic mass is 10.2. The van der Waals surface area contributed by atoms with Crippen LogP contribution in [0, 0.1) is 11.8 Å². The Morgan fingerprint density at radius 3 is 2.84 bits per heavy atom. The van der Waals surface area contributed by atoms with E-state index in [2.05, 4.69) is 22.1 Å². The summed E-state index contributed by atoms with van der Waals surface area (Å²) >= 11 is 0. The molecule has 0 saturated carbocycles. The third kappa shape index (κ3) is 3.32. The first-order valence-corrected chi connectivity index (χ1v) is 6.13. The lowest BCUT2D eigenvalue weighted by Gasteiger charge is -2.16. The zero-order valence-electron chi connectivity index (χ0n) is 10.7. The Hall–Kier alpha value is -2.35. The molecule has 2 heterocycles. The SMILES string of the molecule is CC#CC(=O)NC1CCN(C(=O)c2ccncc2)C1. The summed E-state index contributed by atoms with van der Waals surface area (Å²) in [5.41, 5.74) is 0.621. The van der Waals surface area contributed by atoms with E-state index in [0.29, 0.717) is 18.7 Å². The van der Waals surface area contributed by atoms with Crippen molar-refractivity contribution in [2.24, 2.45) is 0 Å². The van der Waals surface area contributed by atoms with E-state index in [-0.39, 0.29) is 17.9 Å². The first-order valence-electron chi connectivity index (χ1n) is 6.13. The Bertz CT molecular complexity index is 531. The summed E-state index contributed by atoms with van der Waals surface area (Å²) < 4.78 is 0. The zero-order valence-corrected chi connectivity index (χ0v) is 10.7. The summed E-state index contributed by atoms with van der Waals surface area (Å²) in [5, 5.41) is 2.80. The summed E-state index contributed by atoms with van der Waals surface area (Å²) in [7, 11) is 0. The molecule has 1 fully saturated rings. The van der Waals surface area contributed by atoms with Crippen LogP contribution in [0.3, 0.4) is 0 Å². The molecule has 5 heteroatoms. The topological polar surface area (TPSA) is 62.3 Å². The molecule has 1 aliphatic heterocycles. The molecule has 0 bridgehead atoms. The van der Waals surface area contributed by atoms with Crippen LogP contribution in [-0.4, -0.2) is 40.8 Å². The average Bonchev–Trinajstić information content (AvgIpc) is 2.87. The highest BCUT2D eigenvalue weighted by Gasteiger charge is 2.27. The summed E-state index contributed by atoms with van der Waals surface area (Å²) in [5.74, 6) is 4.67. The first kappa shape index (κ1) is 13.1. The van der Waals surface area contributed by atoms with Crippen molar-refractivity contribution in [3.63, 3.8) is 0 Å². The molecular weight excluding hydrogens is 242 g/mol. The molecule has 0 spiro atoms. The highest BCUT2D eigenvalue weighted by molar-refractivity contribution is 5.95. The van der Waals surface area contributed by atoms with E-state index in [1.54, 1.807) is 36.4 Å². The average molecular weight is 257 g/mol. The fourth-order valence-electron chi connectivity index (χ4n) is 2.07. The van der Waals surface area contributed by atoms with Crippen molar-refractivity contribution in [1.29, 1.82) is 0 Å². The van der Waals surface area contributed by atoms with E-state index in [9.17, 15) is 9.59 Å². The van der Waals surface area contributed by atoms with Gasteiger partial charge < -0.3 is 10.2 Å². The van der Waals surface area contributed by atoms with E-state index in [1.165, 1.54) is 0 Å². The maximum Gasteiger partial charge on any atom is 0.296 e. The largest absolute Gasteiger partial charge is 0.341 e. The summed E-state index contributed by atoms with van der Waals surface area (Å²) in [4.78, 5) is 29.1. The van der Waals surface area contributed by atoms with E-state index >= 15 is 0 Å². The molecule has 1 unspecified atom stereocenters. The van der Waals surface area contributed by atoms with Crippen LogP contribution in [0.2, 0.25) is 0 Å². The molecule has 19 heavy (non-hydrogen) atoms. The van der Waals surface area contributed by atoms with E-state index in [0.717, 1.165) is 6.42 Å². The Labute approximate surface area is 112 Å². The van der Waals surface area contributed by atoms with Gasteiger partial charge in [-0.2, -0.15) is 0 Å². The van der Waals surface area contributed by atoms with Gasteiger partial charge in [0.2, 0.25) is 0 Å². The van der Waals surface area contributed by atoms with Crippen molar-refractivity contribution < 1.29 is 9.59 Å². The minimum Gasteiger partial charge on any atom is -0.341 e. The second kappa shape index (κ2) is 6.01.